The topological polar surface area (TPSA) is 101 Å². The van der Waals surface area contributed by atoms with Crippen LogP contribution in [0, 0.1) is 0 Å². The first-order valence-corrected chi connectivity index (χ1v) is 9.29. The maximum atomic E-state index is 12.7. The van der Waals surface area contributed by atoms with E-state index in [1.54, 1.807) is 43.3 Å². The zero-order chi connectivity index (χ0) is 20.7. The molecule has 2 aliphatic rings. The van der Waals surface area contributed by atoms with Gasteiger partial charge in [0.2, 0.25) is 19.5 Å². The number of amides is 1. The molecule has 0 bridgehead atoms. The van der Waals surface area contributed by atoms with Crippen LogP contribution in [0.4, 0.5) is 5.69 Å². The highest BCUT2D eigenvalue weighted by Crippen LogP contribution is 2.36. The van der Waals surface area contributed by atoms with E-state index in [-0.39, 0.29) is 25.1 Å². The van der Waals surface area contributed by atoms with E-state index < -0.39 is 6.04 Å². The van der Waals surface area contributed by atoms with Crippen molar-refractivity contribution in [3.8, 4) is 34.3 Å². The van der Waals surface area contributed by atoms with Gasteiger partial charge in [0.05, 0.1) is 5.69 Å². The van der Waals surface area contributed by atoms with Crippen LogP contribution in [0.2, 0.25) is 0 Å². The second-order valence-electron chi connectivity index (χ2n) is 6.80. The Bertz CT molecular complexity index is 1210. The van der Waals surface area contributed by atoms with E-state index in [4.69, 9.17) is 18.9 Å². The lowest BCUT2D eigenvalue weighted by atomic mass is 10.1. The molecule has 3 aromatic rings. The average Bonchev–Trinajstić information content (AvgIpc) is 3.41. The van der Waals surface area contributed by atoms with Gasteiger partial charge in [0.25, 0.3) is 5.56 Å². The van der Waals surface area contributed by atoms with Crippen LogP contribution >= 0.6 is 0 Å². The molecule has 1 atom stereocenters. The van der Waals surface area contributed by atoms with Crippen molar-refractivity contribution in [1.82, 2.24) is 9.78 Å². The Hall–Kier alpha value is -4.01. The van der Waals surface area contributed by atoms with Crippen molar-refractivity contribution in [2.45, 2.75) is 13.0 Å². The minimum atomic E-state index is -0.836. The van der Waals surface area contributed by atoms with Crippen LogP contribution in [0.15, 0.2) is 53.3 Å². The summed E-state index contributed by atoms with van der Waals surface area (Å²) in [6.07, 6.45) is 0. The summed E-state index contributed by atoms with van der Waals surface area (Å²) in [7, 11) is 0. The van der Waals surface area contributed by atoms with Crippen molar-refractivity contribution in [2.75, 3.05) is 18.9 Å². The fraction of sp³-hybridized carbons (Fsp3) is 0.190. The molecule has 2 aliphatic heterocycles. The van der Waals surface area contributed by atoms with Crippen LogP contribution < -0.4 is 29.8 Å². The van der Waals surface area contributed by atoms with E-state index in [1.165, 1.54) is 6.07 Å². The van der Waals surface area contributed by atoms with Gasteiger partial charge in [-0.25, -0.2) is 4.68 Å². The number of nitrogens with one attached hydrogen (secondary N) is 1. The minimum absolute atomic E-state index is 0.148. The number of rotatable bonds is 4. The van der Waals surface area contributed by atoms with Gasteiger partial charge in [0, 0.05) is 23.4 Å². The predicted molar refractivity (Wildman–Crippen MR) is 106 cm³/mol. The third-order valence-corrected chi connectivity index (χ3v) is 4.88. The molecule has 1 aromatic heterocycles. The quantitative estimate of drug-likeness (QED) is 0.709. The summed E-state index contributed by atoms with van der Waals surface area (Å²) in [4.78, 5) is 25.1. The van der Waals surface area contributed by atoms with Gasteiger partial charge in [-0.15, -0.1) is 0 Å². The van der Waals surface area contributed by atoms with Crippen molar-refractivity contribution in [2.24, 2.45) is 0 Å². The number of aromatic nitrogens is 2. The molecule has 9 heteroatoms. The molecule has 5 rings (SSSR count). The maximum absolute atomic E-state index is 12.7. The summed E-state index contributed by atoms with van der Waals surface area (Å²) in [6, 6.07) is 12.6. The van der Waals surface area contributed by atoms with Crippen LogP contribution in [0.3, 0.4) is 0 Å². The van der Waals surface area contributed by atoms with Gasteiger partial charge in [0.15, 0.2) is 23.0 Å². The number of ether oxygens (including phenoxy) is 4. The van der Waals surface area contributed by atoms with Crippen LogP contribution in [0.1, 0.15) is 13.0 Å². The van der Waals surface area contributed by atoms with E-state index in [1.807, 2.05) is 6.07 Å². The minimum Gasteiger partial charge on any atom is -0.454 e. The lowest BCUT2D eigenvalue weighted by molar-refractivity contribution is -0.119. The zero-order valence-electron chi connectivity index (χ0n) is 16.0. The lowest BCUT2D eigenvalue weighted by Gasteiger charge is -2.15. The average molecular weight is 407 g/mol. The van der Waals surface area contributed by atoms with Gasteiger partial charge in [-0.3, -0.25) is 9.59 Å². The van der Waals surface area contributed by atoms with E-state index >= 15 is 0 Å². The summed E-state index contributed by atoms with van der Waals surface area (Å²) < 4.78 is 22.5. The summed E-state index contributed by atoms with van der Waals surface area (Å²) >= 11 is 0. The number of hydrogen-bond donors (Lipinski definition) is 1. The van der Waals surface area contributed by atoms with Gasteiger partial charge in [-0.1, -0.05) is 0 Å². The number of anilines is 1. The molecule has 0 fully saturated rings. The normalized spacial score (nSPS) is 14.4. The maximum Gasteiger partial charge on any atom is 0.267 e. The fourth-order valence-electron chi connectivity index (χ4n) is 3.24. The van der Waals surface area contributed by atoms with Crippen LogP contribution in [-0.2, 0) is 4.79 Å². The summed E-state index contributed by atoms with van der Waals surface area (Å²) in [5.41, 5.74) is 1.44. The summed E-state index contributed by atoms with van der Waals surface area (Å²) in [6.45, 7) is 1.93. The third kappa shape index (κ3) is 3.20. The summed E-state index contributed by atoms with van der Waals surface area (Å²) in [5, 5.41) is 7.17. The molecule has 1 unspecified atom stereocenters. The molecule has 0 saturated carbocycles. The van der Waals surface area contributed by atoms with Gasteiger partial charge < -0.3 is 24.3 Å². The summed E-state index contributed by atoms with van der Waals surface area (Å²) in [5.74, 6) is 2.06. The Labute approximate surface area is 170 Å². The SMILES string of the molecule is CC(C(=O)Nc1ccc2c(c1)OCO2)n1nc(-c2ccc3c(c2)OCO3)ccc1=O. The Kier molecular flexibility index (Phi) is 4.27. The smallest absolute Gasteiger partial charge is 0.267 e. The van der Waals surface area contributed by atoms with Crippen molar-refractivity contribution in [3.05, 3.63) is 58.9 Å². The molecule has 152 valence electrons. The van der Waals surface area contributed by atoms with Gasteiger partial charge in [0.1, 0.15) is 6.04 Å². The van der Waals surface area contributed by atoms with E-state index in [0.29, 0.717) is 34.4 Å². The van der Waals surface area contributed by atoms with E-state index in [9.17, 15) is 9.59 Å². The molecule has 3 heterocycles. The highest BCUT2D eigenvalue weighted by Gasteiger charge is 2.21. The number of benzene rings is 2. The van der Waals surface area contributed by atoms with Crippen molar-refractivity contribution in [1.29, 1.82) is 0 Å². The predicted octanol–water partition coefficient (Wildman–Crippen LogP) is 2.57. The number of hydrogen-bond acceptors (Lipinski definition) is 7. The van der Waals surface area contributed by atoms with Crippen molar-refractivity contribution >= 4 is 11.6 Å². The molecular formula is C21H17N3O6. The Balaban J connectivity index is 1.40. The highest BCUT2D eigenvalue weighted by atomic mass is 16.7. The lowest BCUT2D eigenvalue weighted by Crippen LogP contribution is -2.33. The van der Waals surface area contributed by atoms with Crippen molar-refractivity contribution in [3.63, 3.8) is 0 Å². The number of fused-ring (bicyclic) bond motifs is 2. The second-order valence-corrected chi connectivity index (χ2v) is 6.80. The second kappa shape index (κ2) is 7.11. The Morgan fingerprint density at radius 1 is 0.933 bits per heavy atom. The van der Waals surface area contributed by atoms with Gasteiger partial charge in [-0.2, -0.15) is 5.10 Å². The molecule has 9 nitrogen and oxygen atoms in total. The molecule has 2 aromatic carbocycles. The number of carbonyl (C=O) groups is 1. The molecular weight excluding hydrogens is 390 g/mol. The highest BCUT2D eigenvalue weighted by molar-refractivity contribution is 5.93. The van der Waals surface area contributed by atoms with E-state index in [0.717, 1.165) is 10.2 Å². The Morgan fingerprint density at radius 2 is 1.60 bits per heavy atom. The van der Waals surface area contributed by atoms with E-state index in [2.05, 4.69) is 10.4 Å². The van der Waals surface area contributed by atoms with Crippen LogP contribution in [-0.4, -0.2) is 29.3 Å². The van der Waals surface area contributed by atoms with Crippen LogP contribution in [0.25, 0.3) is 11.3 Å². The van der Waals surface area contributed by atoms with Crippen LogP contribution in [0.5, 0.6) is 23.0 Å². The first-order chi connectivity index (χ1) is 14.6. The van der Waals surface area contributed by atoms with Crippen molar-refractivity contribution < 1.29 is 23.7 Å². The number of carbonyl (C=O) groups excluding carboxylic acids is 1. The monoisotopic (exact) mass is 407 g/mol. The number of nitrogens with zero attached hydrogens (tertiary/aromatic N) is 2. The largest absolute Gasteiger partial charge is 0.454 e. The third-order valence-electron chi connectivity index (χ3n) is 4.88. The molecule has 0 spiro atoms. The molecule has 0 saturated heterocycles. The zero-order valence-corrected chi connectivity index (χ0v) is 16.0. The molecule has 1 amide bonds. The standard InChI is InChI=1S/C21H17N3O6/c1-12(21(26)22-14-3-6-17-19(9-14)30-11-28-17)24-20(25)7-4-15(23-24)13-2-5-16-18(8-13)29-10-27-16/h2-9,12H,10-11H2,1H3,(H,22,26). The molecule has 0 radical (unpaired) electrons. The molecule has 1 N–H and O–H groups in total. The Morgan fingerprint density at radius 3 is 2.37 bits per heavy atom. The molecule has 30 heavy (non-hydrogen) atoms. The first-order valence-electron chi connectivity index (χ1n) is 9.29. The first kappa shape index (κ1) is 18.0. The molecule has 0 aliphatic carbocycles. The van der Waals surface area contributed by atoms with Gasteiger partial charge >= 0.3 is 0 Å². The fourth-order valence-corrected chi connectivity index (χ4v) is 3.24. The van der Waals surface area contributed by atoms with Gasteiger partial charge in [-0.05, 0) is 43.3 Å².